The first kappa shape index (κ1) is 71.3. The normalized spacial score (nSPS) is 11.7. The van der Waals surface area contributed by atoms with Crippen LogP contribution in [0.4, 0.5) is 14.4 Å². The number of phenols is 1. The molecule has 6 rings (SSSR count). The van der Waals surface area contributed by atoms with Crippen molar-refractivity contribution in [3.8, 4) is 5.75 Å². The Labute approximate surface area is 520 Å². The molecule has 6 aromatic carbocycles. The zero-order valence-electron chi connectivity index (χ0n) is 51.2. The summed E-state index contributed by atoms with van der Waals surface area (Å²) in [4.78, 5) is 105. The Hall–Kier alpha value is -10.2. The molecule has 6 aromatic rings. The third-order valence-electron chi connectivity index (χ3n) is 13.3. The Balaban J connectivity index is 0.00000116. The quantitative estimate of drug-likeness (QED) is 0.0112. The molecule has 0 aliphatic heterocycles. The lowest BCUT2D eigenvalue weighted by Gasteiger charge is -2.27. The molecule has 0 saturated carbocycles. The van der Waals surface area contributed by atoms with Crippen molar-refractivity contribution >= 4 is 47.9 Å². The number of unbranched alkanes of at least 4 members (excludes halogenated alkanes) is 1. The maximum atomic E-state index is 14.6. The first-order chi connectivity index (χ1) is 42.9. The largest absolute Gasteiger partial charge is 0.508 e. The van der Waals surface area contributed by atoms with Crippen LogP contribution in [0.1, 0.15) is 97.4 Å². The molecule has 0 radical (unpaired) electrons. The van der Waals surface area contributed by atoms with Gasteiger partial charge in [0.15, 0.2) is 0 Å². The van der Waals surface area contributed by atoms with Gasteiger partial charge in [0.25, 0.3) is 0 Å². The monoisotopic (exact) mass is 1220 g/mol. The van der Waals surface area contributed by atoms with Gasteiger partial charge in [0.2, 0.25) is 23.6 Å². The number of alkyl carbamates (subject to hydrolysis) is 3. The number of primary amides is 1. The third kappa shape index (κ3) is 28.7. The van der Waals surface area contributed by atoms with Crippen molar-refractivity contribution in [2.24, 2.45) is 5.73 Å². The average molecular weight is 1220 g/mol. The van der Waals surface area contributed by atoms with Crippen LogP contribution in [0.2, 0.25) is 0 Å². The van der Waals surface area contributed by atoms with Crippen molar-refractivity contribution in [3.63, 3.8) is 0 Å². The van der Waals surface area contributed by atoms with Gasteiger partial charge in [-0.15, -0.1) is 0 Å². The molecule has 21 heteroatoms. The number of benzene rings is 6. The highest BCUT2D eigenvalue weighted by molar-refractivity contribution is 5.95. The number of phenolic OH excluding ortho intramolecular Hbond substituents is 1. The first-order valence-electron chi connectivity index (χ1n) is 29.4. The first-order valence-corrected chi connectivity index (χ1v) is 29.4. The Kier molecular flexibility index (Phi) is 32.2. The van der Waals surface area contributed by atoms with Gasteiger partial charge in [-0.3, -0.25) is 29.3 Å². The number of aryl methyl sites for hydroxylation is 2. The molecule has 4 atom stereocenters. The lowest BCUT2D eigenvalue weighted by Crippen LogP contribution is -2.58. The predicted molar refractivity (Wildman–Crippen MR) is 338 cm³/mol. The summed E-state index contributed by atoms with van der Waals surface area (Å²) < 4.78 is 20.8. The summed E-state index contributed by atoms with van der Waals surface area (Å²) in [5.74, 6) is -3.18. The van der Waals surface area contributed by atoms with E-state index in [9.17, 15) is 43.5 Å². The van der Waals surface area contributed by atoms with Crippen LogP contribution in [0.15, 0.2) is 176 Å². The van der Waals surface area contributed by atoms with Gasteiger partial charge in [0.05, 0.1) is 0 Å². The van der Waals surface area contributed by atoms with Crippen LogP contribution in [0.3, 0.4) is 0 Å². The number of carbonyl (C=O) groups is 8. The van der Waals surface area contributed by atoms with E-state index in [0.29, 0.717) is 47.3 Å². The van der Waals surface area contributed by atoms with Crippen LogP contribution < -0.4 is 43.0 Å². The number of hydrogen-bond acceptors (Lipinski definition) is 14. The van der Waals surface area contributed by atoms with Gasteiger partial charge in [0.1, 0.15) is 62.2 Å². The van der Waals surface area contributed by atoms with Crippen LogP contribution in [-0.4, -0.2) is 90.2 Å². The fourth-order valence-electron chi connectivity index (χ4n) is 8.71. The molecule has 0 aliphatic rings. The van der Waals surface area contributed by atoms with Crippen molar-refractivity contribution in [1.82, 2.24) is 37.2 Å². The Morgan fingerprint density at radius 1 is 0.461 bits per heavy atom. The van der Waals surface area contributed by atoms with Gasteiger partial charge >= 0.3 is 24.2 Å². The number of nitrogens with two attached hydrogens (primary N) is 1. The highest BCUT2D eigenvalue weighted by atomic mass is 16.6. The zero-order valence-corrected chi connectivity index (χ0v) is 51.2. The van der Waals surface area contributed by atoms with E-state index in [0.717, 1.165) is 16.7 Å². The molecule has 474 valence electrons. The molecule has 10 N–H and O–H groups in total. The second-order valence-corrected chi connectivity index (χ2v) is 20.3. The number of carbonyl (C=O) groups excluding carboxylic acids is 8. The van der Waals surface area contributed by atoms with Gasteiger partial charge in [-0.05, 0) is 103 Å². The molecule has 0 saturated heterocycles. The average Bonchev–Trinajstić information content (AvgIpc) is 3.57. The predicted octanol–water partition coefficient (Wildman–Crippen LogP) is 8.67. The standard InChI is InChI=1S/C57H68N8O11.C9H10O2.C2H6/c1-38-31-45(66)32-39(2)46(38)34-50(65-57(73)76-37-44-25-14-7-15-26-44)54(70)63-48(28-18-30-59-40(3)61-56(72)75-36-43-23-12-6-13-24-43)52(68)64-49(33-41-19-8-4-9-20-41)53(69)62-47(51(58)67)27-16-17-29-60-55(71)74-35-42-21-10-5-11-22-42;1-8(10)11-7-9-5-3-2-4-6-9;1-2/h4-15,19-26,31-32,47-50,59,66H,3,16-18,27-30,33-37H2,1-2H3,(H2,58,67)(H,60,71)(H,61,72)(H,62,69)(H,63,70)(H,64,68)(H,65,73);2-6H,7H2,1H3;1-2H3/t47-,48+,49-,50-;;/m0../s1. The van der Waals surface area contributed by atoms with E-state index in [1.165, 1.54) is 19.1 Å². The number of rotatable bonds is 31. The number of esters is 1. The Morgan fingerprint density at radius 2 is 0.843 bits per heavy atom. The van der Waals surface area contributed by atoms with E-state index in [-0.39, 0.29) is 82.6 Å². The van der Waals surface area contributed by atoms with Crippen LogP contribution in [-0.2, 0) is 82.2 Å². The van der Waals surface area contributed by atoms with Gasteiger partial charge < -0.3 is 61.7 Å². The maximum Gasteiger partial charge on any atom is 0.413 e. The van der Waals surface area contributed by atoms with Gasteiger partial charge in [-0.2, -0.15) is 0 Å². The lowest BCUT2D eigenvalue weighted by molar-refractivity contribution is -0.142. The van der Waals surface area contributed by atoms with Crippen molar-refractivity contribution < 1.29 is 62.4 Å². The van der Waals surface area contributed by atoms with Crippen LogP contribution in [0.5, 0.6) is 5.75 Å². The van der Waals surface area contributed by atoms with Crippen molar-refractivity contribution in [2.75, 3.05) is 13.1 Å². The molecule has 0 spiro atoms. The fraction of sp³-hybridized carbons (Fsp3) is 0.324. The highest BCUT2D eigenvalue weighted by Crippen LogP contribution is 2.23. The highest BCUT2D eigenvalue weighted by Gasteiger charge is 2.32. The van der Waals surface area contributed by atoms with E-state index in [2.05, 4.69) is 43.8 Å². The maximum absolute atomic E-state index is 14.6. The SMILES string of the molecule is C=C(NCCC[C@@H](NC(=O)[C@H](Cc1c(C)cc(O)cc1C)NC(=O)OCc1ccccc1)C(=O)N[C@@H](Cc1ccccc1)C(=O)N[C@@H](CCCCNC(=O)OCc1ccccc1)C(N)=O)NC(=O)OCc1ccccc1.CC.CC(=O)OCc1ccccc1. The van der Waals surface area contributed by atoms with E-state index < -0.39 is 66.1 Å². The molecule has 0 aromatic heterocycles. The van der Waals surface area contributed by atoms with Crippen LogP contribution in [0, 0.1) is 13.8 Å². The van der Waals surface area contributed by atoms with Gasteiger partial charge in [-0.1, -0.05) is 172 Å². The minimum Gasteiger partial charge on any atom is -0.508 e. The number of hydrogen-bond donors (Lipinski definition) is 9. The second kappa shape index (κ2) is 40.2. The number of amides is 7. The Bertz CT molecular complexity index is 3140. The van der Waals surface area contributed by atoms with E-state index in [4.69, 9.17) is 24.7 Å². The van der Waals surface area contributed by atoms with E-state index in [1.54, 1.807) is 68.4 Å². The molecule has 0 fully saturated rings. The summed E-state index contributed by atoms with van der Waals surface area (Å²) in [6.07, 6.45) is -1.26. The molecule has 0 bridgehead atoms. The summed E-state index contributed by atoms with van der Waals surface area (Å²) in [5.41, 5.74) is 11.7. The van der Waals surface area contributed by atoms with Crippen molar-refractivity contribution in [2.45, 2.75) is 130 Å². The molecular formula is C68H84N8O13. The summed E-state index contributed by atoms with van der Waals surface area (Å²) in [5, 5.41) is 29.4. The van der Waals surface area contributed by atoms with E-state index in [1.807, 2.05) is 111 Å². The number of ether oxygens (including phenoxy) is 4. The van der Waals surface area contributed by atoms with Gasteiger partial charge in [-0.25, -0.2) is 14.4 Å². The number of aromatic hydroxyl groups is 1. The van der Waals surface area contributed by atoms with Crippen LogP contribution in [0.25, 0.3) is 0 Å². The lowest BCUT2D eigenvalue weighted by atomic mass is 9.95. The molecule has 0 heterocycles. The Morgan fingerprint density at radius 3 is 1.31 bits per heavy atom. The fourth-order valence-corrected chi connectivity index (χ4v) is 8.71. The van der Waals surface area contributed by atoms with Gasteiger partial charge in [0, 0.05) is 32.9 Å². The number of nitrogens with one attached hydrogen (secondary N) is 7. The molecule has 89 heavy (non-hydrogen) atoms. The summed E-state index contributed by atoms with van der Waals surface area (Å²) in [7, 11) is 0. The summed E-state index contributed by atoms with van der Waals surface area (Å²) in [6.45, 7) is 13.5. The van der Waals surface area contributed by atoms with Crippen molar-refractivity contribution in [1.29, 1.82) is 0 Å². The molecule has 0 unspecified atom stereocenters. The molecule has 7 amide bonds. The third-order valence-corrected chi connectivity index (χ3v) is 13.3. The van der Waals surface area contributed by atoms with Crippen LogP contribution >= 0.6 is 0 Å². The minimum absolute atomic E-state index is 0.0183. The van der Waals surface area contributed by atoms with E-state index >= 15 is 0 Å². The topological polar surface area (TPSA) is 304 Å². The molecule has 0 aliphatic carbocycles. The molecular weight excluding hydrogens is 1140 g/mol. The summed E-state index contributed by atoms with van der Waals surface area (Å²) in [6, 6.07) is 43.7. The zero-order chi connectivity index (χ0) is 64.8. The smallest absolute Gasteiger partial charge is 0.413 e. The molecule has 21 nitrogen and oxygen atoms in total. The van der Waals surface area contributed by atoms with Crippen molar-refractivity contribution in [3.05, 3.63) is 221 Å². The summed E-state index contributed by atoms with van der Waals surface area (Å²) >= 11 is 0. The minimum atomic E-state index is -1.33. The second-order valence-electron chi connectivity index (χ2n) is 20.3.